The lowest BCUT2D eigenvalue weighted by Gasteiger charge is -2.32. The first-order chi connectivity index (χ1) is 11.2. The summed E-state index contributed by atoms with van der Waals surface area (Å²) in [7, 11) is 0. The lowest BCUT2D eigenvalue weighted by Crippen LogP contribution is -2.42. The van der Waals surface area contributed by atoms with Crippen LogP contribution in [0.5, 0.6) is 0 Å². The summed E-state index contributed by atoms with van der Waals surface area (Å²) in [4.78, 5) is 18.8. The molecule has 1 aliphatic rings. The highest BCUT2D eigenvalue weighted by molar-refractivity contribution is 6.30. The molecule has 0 aliphatic carbocycles. The van der Waals surface area contributed by atoms with Gasteiger partial charge in [-0.25, -0.2) is 9.78 Å². The van der Waals surface area contributed by atoms with Crippen LogP contribution in [0.4, 0.5) is 10.5 Å². The SMILES string of the molecule is CCn1ccnc1[C@@H]1CCCN(C(=O)Nc2cccc(Cl)c2)C1. The van der Waals surface area contributed by atoms with Gasteiger partial charge < -0.3 is 14.8 Å². The van der Waals surface area contributed by atoms with Crippen LogP contribution < -0.4 is 5.32 Å². The molecule has 5 nitrogen and oxygen atoms in total. The Labute approximate surface area is 141 Å². The number of nitrogens with one attached hydrogen (secondary N) is 1. The van der Waals surface area contributed by atoms with E-state index in [1.165, 1.54) is 0 Å². The van der Waals surface area contributed by atoms with Crippen molar-refractivity contribution in [1.29, 1.82) is 0 Å². The van der Waals surface area contributed by atoms with Gasteiger partial charge in [-0.2, -0.15) is 0 Å². The summed E-state index contributed by atoms with van der Waals surface area (Å²) in [6.07, 6.45) is 5.90. The summed E-state index contributed by atoms with van der Waals surface area (Å²) in [5.74, 6) is 1.37. The van der Waals surface area contributed by atoms with E-state index in [2.05, 4.69) is 21.8 Å². The largest absolute Gasteiger partial charge is 0.335 e. The zero-order valence-corrected chi connectivity index (χ0v) is 14.0. The second-order valence-electron chi connectivity index (χ2n) is 5.80. The van der Waals surface area contributed by atoms with Gasteiger partial charge in [-0.15, -0.1) is 0 Å². The van der Waals surface area contributed by atoms with Crippen LogP contribution in [-0.2, 0) is 6.54 Å². The van der Waals surface area contributed by atoms with E-state index in [9.17, 15) is 4.79 Å². The van der Waals surface area contributed by atoms with E-state index in [0.717, 1.165) is 37.4 Å². The van der Waals surface area contributed by atoms with Gasteiger partial charge in [-0.3, -0.25) is 0 Å². The maximum absolute atomic E-state index is 12.5. The summed E-state index contributed by atoms with van der Waals surface area (Å²) in [6, 6.07) is 7.14. The summed E-state index contributed by atoms with van der Waals surface area (Å²) >= 11 is 5.96. The predicted octanol–water partition coefficient (Wildman–Crippen LogP) is 3.97. The number of halogens is 1. The molecule has 0 spiro atoms. The maximum atomic E-state index is 12.5. The van der Waals surface area contributed by atoms with Crippen molar-refractivity contribution < 1.29 is 4.79 Å². The number of carbonyl (C=O) groups excluding carboxylic acids is 1. The van der Waals surface area contributed by atoms with E-state index >= 15 is 0 Å². The molecule has 0 bridgehead atoms. The molecule has 0 saturated carbocycles. The number of amides is 2. The molecule has 1 aromatic heterocycles. The van der Waals surface area contributed by atoms with Crippen LogP contribution in [-0.4, -0.2) is 33.6 Å². The Hall–Kier alpha value is -2.01. The molecule has 122 valence electrons. The minimum absolute atomic E-state index is 0.0772. The fraction of sp³-hybridized carbons (Fsp3) is 0.412. The first-order valence-electron chi connectivity index (χ1n) is 8.00. The molecule has 1 atom stereocenters. The number of likely N-dealkylation sites (tertiary alicyclic amines) is 1. The molecule has 2 amide bonds. The van der Waals surface area contributed by atoms with Crippen molar-refractivity contribution in [2.75, 3.05) is 18.4 Å². The number of rotatable bonds is 3. The smallest absolute Gasteiger partial charge is 0.321 e. The van der Waals surface area contributed by atoms with Gasteiger partial charge in [0.25, 0.3) is 0 Å². The Balaban J connectivity index is 1.67. The Kier molecular flexibility index (Phi) is 4.86. The summed E-state index contributed by atoms with van der Waals surface area (Å²) in [5, 5.41) is 3.54. The van der Waals surface area contributed by atoms with Crippen molar-refractivity contribution in [3.63, 3.8) is 0 Å². The Morgan fingerprint density at radius 3 is 3.13 bits per heavy atom. The van der Waals surface area contributed by atoms with Crippen molar-refractivity contribution in [3.05, 3.63) is 47.5 Å². The van der Waals surface area contributed by atoms with Crippen molar-refractivity contribution in [1.82, 2.24) is 14.5 Å². The third-order valence-corrected chi connectivity index (χ3v) is 4.47. The molecule has 1 aliphatic heterocycles. The molecular weight excluding hydrogens is 312 g/mol. The quantitative estimate of drug-likeness (QED) is 0.924. The van der Waals surface area contributed by atoms with Crippen LogP contribution >= 0.6 is 11.6 Å². The second-order valence-corrected chi connectivity index (χ2v) is 6.23. The number of anilines is 1. The van der Waals surface area contributed by atoms with Gasteiger partial charge >= 0.3 is 6.03 Å². The predicted molar refractivity (Wildman–Crippen MR) is 91.9 cm³/mol. The zero-order valence-electron chi connectivity index (χ0n) is 13.2. The monoisotopic (exact) mass is 332 g/mol. The molecule has 6 heteroatoms. The summed E-state index contributed by atoms with van der Waals surface area (Å²) in [6.45, 7) is 4.48. The zero-order chi connectivity index (χ0) is 16.2. The van der Waals surface area contributed by atoms with E-state index in [4.69, 9.17) is 11.6 Å². The normalized spacial score (nSPS) is 18.0. The van der Waals surface area contributed by atoms with Gasteiger partial charge in [0.2, 0.25) is 0 Å². The molecular formula is C17H21ClN4O. The van der Waals surface area contributed by atoms with Crippen molar-refractivity contribution in [2.45, 2.75) is 32.2 Å². The van der Waals surface area contributed by atoms with Crippen LogP contribution in [0.15, 0.2) is 36.7 Å². The lowest BCUT2D eigenvalue weighted by atomic mass is 9.97. The highest BCUT2D eigenvalue weighted by Gasteiger charge is 2.27. The van der Waals surface area contributed by atoms with Crippen LogP contribution in [0.1, 0.15) is 31.5 Å². The lowest BCUT2D eigenvalue weighted by molar-refractivity contribution is 0.190. The number of hydrogen-bond acceptors (Lipinski definition) is 2. The molecule has 1 fully saturated rings. The van der Waals surface area contributed by atoms with Gasteiger partial charge in [-0.05, 0) is 38.0 Å². The number of aromatic nitrogens is 2. The van der Waals surface area contributed by atoms with Gasteiger partial charge in [-0.1, -0.05) is 17.7 Å². The number of imidazole rings is 1. The van der Waals surface area contributed by atoms with Crippen molar-refractivity contribution in [2.24, 2.45) is 0 Å². The van der Waals surface area contributed by atoms with E-state index in [-0.39, 0.29) is 6.03 Å². The average molecular weight is 333 g/mol. The minimum Gasteiger partial charge on any atom is -0.335 e. The van der Waals surface area contributed by atoms with Crippen LogP contribution in [0.25, 0.3) is 0 Å². The number of piperidine rings is 1. The van der Waals surface area contributed by atoms with Gasteiger partial charge in [0.15, 0.2) is 0 Å². The number of carbonyl (C=O) groups is 1. The third-order valence-electron chi connectivity index (χ3n) is 4.24. The Morgan fingerprint density at radius 2 is 2.35 bits per heavy atom. The molecule has 0 radical (unpaired) electrons. The molecule has 23 heavy (non-hydrogen) atoms. The minimum atomic E-state index is -0.0772. The second kappa shape index (κ2) is 7.04. The fourth-order valence-electron chi connectivity index (χ4n) is 3.09. The van der Waals surface area contributed by atoms with Crippen LogP contribution in [0, 0.1) is 0 Å². The summed E-state index contributed by atoms with van der Waals surface area (Å²) < 4.78 is 2.16. The van der Waals surface area contributed by atoms with Gasteiger partial charge in [0, 0.05) is 48.7 Å². The molecule has 2 heterocycles. The maximum Gasteiger partial charge on any atom is 0.321 e. The van der Waals surface area contributed by atoms with E-state index in [1.54, 1.807) is 12.1 Å². The first-order valence-corrected chi connectivity index (χ1v) is 8.37. The first kappa shape index (κ1) is 15.9. The van der Waals surface area contributed by atoms with Gasteiger partial charge in [0.1, 0.15) is 5.82 Å². The topological polar surface area (TPSA) is 50.2 Å². The molecule has 0 unspecified atom stereocenters. The Morgan fingerprint density at radius 1 is 1.48 bits per heavy atom. The van der Waals surface area contributed by atoms with Crippen molar-refractivity contribution in [3.8, 4) is 0 Å². The molecule has 2 aromatic rings. The molecule has 3 rings (SSSR count). The Bertz CT molecular complexity index is 685. The molecule has 1 N–H and O–H groups in total. The number of nitrogens with zero attached hydrogens (tertiary/aromatic N) is 3. The van der Waals surface area contributed by atoms with E-state index < -0.39 is 0 Å². The highest BCUT2D eigenvalue weighted by Crippen LogP contribution is 2.26. The number of aryl methyl sites for hydroxylation is 1. The van der Waals surface area contributed by atoms with E-state index in [0.29, 0.717) is 17.5 Å². The fourth-order valence-corrected chi connectivity index (χ4v) is 3.28. The molecule has 1 aromatic carbocycles. The van der Waals surface area contributed by atoms with Gasteiger partial charge in [0.05, 0.1) is 0 Å². The highest BCUT2D eigenvalue weighted by atomic mass is 35.5. The summed E-state index contributed by atoms with van der Waals surface area (Å²) in [5.41, 5.74) is 0.722. The average Bonchev–Trinajstić information content (AvgIpc) is 3.03. The standard InChI is InChI=1S/C17H21ClN4O/c1-2-21-10-8-19-16(21)13-5-4-9-22(12-13)17(23)20-15-7-3-6-14(18)11-15/h3,6-8,10-11,13H,2,4-5,9,12H2,1H3,(H,20,23)/t13-/m1/s1. The van der Waals surface area contributed by atoms with Crippen LogP contribution in [0.3, 0.4) is 0 Å². The third kappa shape index (κ3) is 3.67. The number of benzene rings is 1. The number of hydrogen-bond donors (Lipinski definition) is 1. The van der Waals surface area contributed by atoms with Crippen LogP contribution in [0.2, 0.25) is 5.02 Å². The molecule has 1 saturated heterocycles. The van der Waals surface area contributed by atoms with Crippen molar-refractivity contribution >= 4 is 23.3 Å². The van der Waals surface area contributed by atoms with E-state index in [1.807, 2.05) is 29.4 Å². The number of urea groups is 1.